The Morgan fingerprint density at radius 3 is 2.75 bits per heavy atom. The van der Waals surface area contributed by atoms with Crippen LogP contribution in [0.15, 0.2) is 24.3 Å². The summed E-state index contributed by atoms with van der Waals surface area (Å²) in [6, 6.07) is 7.55. The number of ether oxygens (including phenoxy) is 1. The van der Waals surface area contributed by atoms with Crippen LogP contribution in [0.3, 0.4) is 0 Å². The zero-order valence-corrected chi connectivity index (χ0v) is 14.0. The smallest absolute Gasteiger partial charge is 0.237 e. The monoisotopic (exact) mass is 332 g/mol. The van der Waals surface area contributed by atoms with E-state index < -0.39 is 6.04 Å². The third-order valence-electron chi connectivity index (χ3n) is 4.56. The van der Waals surface area contributed by atoms with Gasteiger partial charge in [0, 0.05) is 51.0 Å². The average molecular weight is 332 g/mol. The highest BCUT2D eigenvalue weighted by Crippen LogP contribution is 2.22. The first-order chi connectivity index (χ1) is 11.7. The minimum absolute atomic E-state index is 0.0369. The zero-order chi connectivity index (χ0) is 16.9. The highest BCUT2D eigenvalue weighted by Gasteiger charge is 2.28. The minimum atomic E-state index is -0.400. The number of carbonyl (C=O) groups excluding carboxylic acids is 2. The molecule has 0 bridgehead atoms. The predicted molar refractivity (Wildman–Crippen MR) is 91.2 cm³/mol. The summed E-state index contributed by atoms with van der Waals surface area (Å²) in [4.78, 5) is 28.3. The predicted octanol–water partition coefficient (Wildman–Crippen LogP) is -0.178. The number of hydrogen-bond acceptors (Lipinski definition) is 5. The number of benzene rings is 1. The maximum atomic E-state index is 12.4. The molecule has 7 heteroatoms. The molecule has 3 rings (SSSR count). The molecule has 0 aromatic heterocycles. The van der Waals surface area contributed by atoms with Gasteiger partial charge in [-0.25, -0.2) is 0 Å². The molecule has 1 atom stereocenters. The van der Waals surface area contributed by atoms with Crippen molar-refractivity contribution in [3.63, 3.8) is 0 Å². The Balaban J connectivity index is 1.52. The van der Waals surface area contributed by atoms with E-state index in [4.69, 9.17) is 4.74 Å². The third kappa shape index (κ3) is 3.79. The molecule has 130 valence electrons. The van der Waals surface area contributed by atoms with Crippen molar-refractivity contribution in [3.05, 3.63) is 24.3 Å². The Morgan fingerprint density at radius 1 is 1.25 bits per heavy atom. The first-order valence-electron chi connectivity index (χ1n) is 8.35. The first kappa shape index (κ1) is 16.6. The number of methoxy groups -OCH3 is 1. The van der Waals surface area contributed by atoms with Crippen LogP contribution >= 0.6 is 0 Å². The summed E-state index contributed by atoms with van der Waals surface area (Å²) < 4.78 is 5.26. The standard InChI is InChI=1S/C17H24N4O3/c1-24-14-4-2-3-13(11-14)20-7-9-21(10-8-20)16(22)12-15-17(23)19-6-5-18-15/h2-4,11,15,18H,5-10,12H2,1H3,(H,19,23)/t15-/m0/s1. The Hall–Kier alpha value is -2.28. The van der Waals surface area contributed by atoms with Crippen LogP contribution in [0.1, 0.15) is 6.42 Å². The maximum absolute atomic E-state index is 12.4. The number of hydrogen-bond donors (Lipinski definition) is 2. The van der Waals surface area contributed by atoms with Crippen LogP contribution in [0.4, 0.5) is 5.69 Å². The molecule has 1 aromatic rings. The van der Waals surface area contributed by atoms with Crippen molar-refractivity contribution in [3.8, 4) is 5.75 Å². The fourth-order valence-corrected chi connectivity index (χ4v) is 3.14. The van der Waals surface area contributed by atoms with Crippen molar-refractivity contribution in [2.75, 3.05) is 51.3 Å². The SMILES string of the molecule is COc1cccc(N2CCN(C(=O)C[C@@H]3NCCNC3=O)CC2)c1. The van der Waals surface area contributed by atoms with Gasteiger partial charge in [-0.2, -0.15) is 0 Å². The van der Waals surface area contributed by atoms with Crippen molar-refractivity contribution < 1.29 is 14.3 Å². The van der Waals surface area contributed by atoms with E-state index in [0.29, 0.717) is 26.2 Å². The molecule has 2 aliphatic rings. The van der Waals surface area contributed by atoms with Crippen LogP contribution in [0, 0.1) is 0 Å². The second-order valence-corrected chi connectivity index (χ2v) is 6.07. The normalized spacial score (nSPS) is 21.4. The van der Waals surface area contributed by atoms with E-state index in [2.05, 4.69) is 21.6 Å². The van der Waals surface area contributed by atoms with Gasteiger partial charge in [0.2, 0.25) is 11.8 Å². The fourth-order valence-electron chi connectivity index (χ4n) is 3.14. The number of nitrogens with one attached hydrogen (secondary N) is 2. The molecule has 2 N–H and O–H groups in total. The summed E-state index contributed by atoms with van der Waals surface area (Å²) in [5.41, 5.74) is 1.11. The molecule has 2 fully saturated rings. The zero-order valence-electron chi connectivity index (χ0n) is 14.0. The molecule has 7 nitrogen and oxygen atoms in total. The Kier molecular flexibility index (Phi) is 5.20. The van der Waals surface area contributed by atoms with E-state index in [1.165, 1.54) is 0 Å². The fraction of sp³-hybridized carbons (Fsp3) is 0.529. The van der Waals surface area contributed by atoms with Crippen LogP contribution in [0.2, 0.25) is 0 Å². The lowest BCUT2D eigenvalue weighted by Gasteiger charge is -2.37. The number of carbonyl (C=O) groups is 2. The summed E-state index contributed by atoms with van der Waals surface area (Å²) >= 11 is 0. The Morgan fingerprint density at radius 2 is 2.04 bits per heavy atom. The van der Waals surface area contributed by atoms with Gasteiger partial charge in [-0.3, -0.25) is 9.59 Å². The van der Waals surface area contributed by atoms with E-state index in [0.717, 1.165) is 24.5 Å². The van der Waals surface area contributed by atoms with E-state index in [1.807, 2.05) is 23.1 Å². The second-order valence-electron chi connectivity index (χ2n) is 6.07. The number of amides is 2. The Bertz CT molecular complexity index is 599. The molecule has 2 aliphatic heterocycles. The molecule has 0 radical (unpaired) electrons. The van der Waals surface area contributed by atoms with Crippen molar-refractivity contribution in [2.45, 2.75) is 12.5 Å². The molecule has 24 heavy (non-hydrogen) atoms. The average Bonchev–Trinajstić information content (AvgIpc) is 2.64. The number of anilines is 1. The molecule has 2 amide bonds. The molecule has 2 heterocycles. The second kappa shape index (κ2) is 7.53. The van der Waals surface area contributed by atoms with Crippen molar-refractivity contribution in [1.29, 1.82) is 0 Å². The van der Waals surface area contributed by atoms with Gasteiger partial charge in [0.1, 0.15) is 5.75 Å². The van der Waals surface area contributed by atoms with E-state index in [9.17, 15) is 9.59 Å². The molecule has 1 aromatic carbocycles. The van der Waals surface area contributed by atoms with Crippen molar-refractivity contribution in [1.82, 2.24) is 15.5 Å². The first-order valence-corrected chi connectivity index (χ1v) is 8.35. The van der Waals surface area contributed by atoms with Gasteiger partial charge in [-0.1, -0.05) is 6.07 Å². The van der Waals surface area contributed by atoms with E-state index in [1.54, 1.807) is 7.11 Å². The van der Waals surface area contributed by atoms with E-state index >= 15 is 0 Å². The number of piperazine rings is 2. The van der Waals surface area contributed by atoms with Gasteiger partial charge < -0.3 is 25.2 Å². The molecule has 0 saturated carbocycles. The topological polar surface area (TPSA) is 73.9 Å². The summed E-state index contributed by atoms with van der Waals surface area (Å²) in [6.07, 6.45) is 0.227. The highest BCUT2D eigenvalue weighted by molar-refractivity contribution is 5.88. The van der Waals surface area contributed by atoms with Gasteiger partial charge in [-0.05, 0) is 12.1 Å². The summed E-state index contributed by atoms with van der Waals surface area (Å²) in [5, 5.41) is 5.89. The van der Waals surface area contributed by atoms with E-state index in [-0.39, 0.29) is 18.2 Å². The van der Waals surface area contributed by atoms with Crippen LogP contribution in [0.25, 0.3) is 0 Å². The molecule has 0 aliphatic carbocycles. The van der Waals surface area contributed by atoms with Gasteiger partial charge in [-0.15, -0.1) is 0 Å². The van der Waals surface area contributed by atoms with Crippen LogP contribution < -0.4 is 20.3 Å². The molecule has 0 unspecified atom stereocenters. The summed E-state index contributed by atoms with van der Waals surface area (Å²) in [5.74, 6) is 0.792. The molecular weight excluding hydrogens is 308 g/mol. The summed E-state index contributed by atoms with van der Waals surface area (Å²) in [7, 11) is 1.66. The van der Waals surface area contributed by atoms with Gasteiger partial charge in [0.05, 0.1) is 19.6 Å². The van der Waals surface area contributed by atoms with Crippen molar-refractivity contribution in [2.24, 2.45) is 0 Å². The lowest BCUT2D eigenvalue weighted by atomic mass is 10.1. The number of nitrogens with zero attached hydrogens (tertiary/aromatic N) is 2. The quantitative estimate of drug-likeness (QED) is 0.800. The Labute approximate surface area is 141 Å². The van der Waals surface area contributed by atoms with Gasteiger partial charge in [0.15, 0.2) is 0 Å². The molecule has 2 saturated heterocycles. The van der Waals surface area contributed by atoms with Crippen LogP contribution in [-0.4, -0.2) is 69.1 Å². The molecular formula is C17H24N4O3. The van der Waals surface area contributed by atoms with Crippen LogP contribution in [-0.2, 0) is 9.59 Å². The lowest BCUT2D eigenvalue weighted by molar-refractivity contribution is -0.135. The van der Waals surface area contributed by atoms with Crippen LogP contribution in [0.5, 0.6) is 5.75 Å². The largest absolute Gasteiger partial charge is 0.497 e. The third-order valence-corrected chi connectivity index (χ3v) is 4.56. The minimum Gasteiger partial charge on any atom is -0.497 e. The number of rotatable bonds is 4. The maximum Gasteiger partial charge on any atom is 0.237 e. The van der Waals surface area contributed by atoms with Gasteiger partial charge in [0.25, 0.3) is 0 Å². The highest BCUT2D eigenvalue weighted by atomic mass is 16.5. The molecule has 0 spiro atoms. The van der Waals surface area contributed by atoms with Crippen molar-refractivity contribution >= 4 is 17.5 Å². The van der Waals surface area contributed by atoms with Gasteiger partial charge >= 0.3 is 0 Å². The lowest BCUT2D eigenvalue weighted by Crippen LogP contribution is -2.56. The summed E-state index contributed by atoms with van der Waals surface area (Å²) in [6.45, 7) is 4.25.